The van der Waals surface area contributed by atoms with E-state index in [-0.39, 0.29) is 11.2 Å². The molecule has 0 atom stereocenters. The van der Waals surface area contributed by atoms with Gasteiger partial charge in [-0.25, -0.2) is 0 Å². The number of nitrogens with zero attached hydrogens (tertiary/aromatic N) is 1. The number of rotatable bonds is 8. The summed E-state index contributed by atoms with van der Waals surface area (Å²) in [7, 11) is 0. The Morgan fingerprint density at radius 2 is 1.90 bits per heavy atom. The summed E-state index contributed by atoms with van der Waals surface area (Å²) in [6.07, 6.45) is 3.89. The second-order valence-corrected chi connectivity index (χ2v) is 6.76. The molecule has 0 bridgehead atoms. The zero-order chi connectivity index (χ0) is 14.6. The summed E-state index contributed by atoms with van der Waals surface area (Å²) >= 11 is 0. The van der Waals surface area contributed by atoms with E-state index >= 15 is 0 Å². The first-order valence-electron chi connectivity index (χ1n) is 7.85. The van der Waals surface area contributed by atoms with Gasteiger partial charge in [0.2, 0.25) is 0 Å². The lowest BCUT2D eigenvalue weighted by molar-refractivity contribution is 0.0759. The van der Waals surface area contributed by atoms with Gasteiger partial charge >= 0.3 is 0 Å². The highest BCUT2D eigenvalue weighted by molar-refractivity contribution is 6.00. The minimum absolute atomic E-state index is 0.259. The zero-order valence-corrected chi connectivity index (χ0v) is 13.1. The number of Topliss-reactive ketones (excluding diaryl/α,β-unsaturated/α-hetero) is 1. The average Bonchev–Trinajstić information content (AvgIpc) is 3.22. The molecule has 1 aliphatic rings. The molecule has 1 aromatic rings. The maximum Gasteiger partial charge on any atom is 0.169 e. The van der Waals surface area contributed by atoms with Crippen molar-refractivity contribution in [3.63, 3.8) is 0 Å². The third-order valence-electron chi connectivity index (χ3n) is 4.02. The van der Waals surface area contributed by atoms with Crippen LogP contribution >= 0.6 is 0 Å². The number of benzene rings is 1. The normalized spacial score (nSPS) is 15.6. The monoisotopic (exact) mass is 273 g/mol. The molecule has 0 saturated heterocycles. The Morgan fingerprint density at radius 1 is 1.25 bits per heavy atom. The van der Waals surface area contributed by atoms with Crippen LogP contribution in [-0.2, 0) is 0 Å². The molecule has 1 fully saturated rings. The molecule has 0 heterocycles. The summed E-state index contributed by atoms with van der Waals surface area (Å²) in [4.78, 5) is 15.2. The minimum Gasteiger partial charge on any atom is -0.302 e. The Labute approximate surface area is 123 Å². The Morgan fingerprint density at radius 3 is 2.45 bits per heavy atom. The summed E-state index contributed by atoms with van der Waals surface area (Å²) in [5, 5.41) is 0. The quantitative estimate of drug-likeness (QED) is 0.667. The van der Waals surface area contributed by atoms with Crippen LogP contribution < -0.4 is 0 Å². The van der Waals surface area contributed by atoms with Gasteiger partial charge in [0.05, 0.1) is 0 Å². The fourth-order valence-electron chi connectivity index (χ4n) is 2.83. The SMILES string of the molecule is CCCN(CC1CC1)CC(C)(C)C(=O)c1ccccc1. The second kappa shape index (κ2) is 6.53. The Hall–Kier alpha value is -1.15. The van der Waals surface area contributed by atoms with Crippen LogP contribution in [0.25, 0.3) is 0 Å². The van der Waals surface area contributed by atoms with Gasteiger partial charge in [0, 0.05) is 24.1 Å². The van der Waals surface area contributed by atoms with Crippen molar-refractivity contribution in [1.29, 1.82) is 0 Å². The van der Waals surface area contributed by atoms with Crippen molar-refractivity contribution in [3.8, 4) is 0 Å². The van der Waals surface area contributed by atoms with Gasteiger partial charge < -0.3 is 4.90 Å². The maximum absolute atomic E-state index is 12.7. The van der Waals surface area contributed by atoms with E-state index in [0.717, 1.165) is 31.0 Å². The maximum atomic E-state index is 12.7. The van der Waals surface area contributed by atoms with E-state index in [0.29, 0.717) is 0 Å². The lowest BCUT2D eigenvalue weighted by Gasteiger charge is -2.31. The topological polar surface area (TPSA) is 20.3 Å². The minimum atomic E-state index is -0.314. The Bertz CT molecular complexity index is 434. The molecule has 0 N–H and O–H groups in total. The highest BCUT2D eigenvalue weighted by atomic mass is 16.1. The van der Waals surface area contributed by atoms with Crippen molar-refractivity contribution in [2.45, 2.75) is 40.0 Å². The van der Waals surface area contributed by atoms with Gasteiger partial charge in [-0.3, -0.25) is 4.79 Å². The Kier molecular flexibility index (Phi) is 4.98. The number of ketones is 1. The first kappa shape index (κ1) is 15.2. The molecular formula is C18H27NO. The first-order chi connectivity index (χ1) is 9.53. The molecule has 1 aromatic carbocycles. The van der Waals surface area contributed by atoms with E-state index in [1.54, 1.807) is 0 Å². The van der Waals surface area contributed by atoms with Crippen molar-refractivity contribution >= 4 is 5.78 Å². The molecule has 2 rings (SSSR count). The molecule has 0 aromatic heterocycles. The number of hydrogen-bond donors (Lipinski definition) is 0. The summed E-state index contributed by atoms with van der Waals surface area (Å²) in [5.41, 5.74) is 0.520. The van der Waals surface area contributed by atoms with Crippen molar-refractivity contribution in [1.82, 2.24) is 4.90 Å². The van der Waals surface area contributed by atoms with E-state index < -0.39 is 0 Å². The standard InChI is InChI=1S/C18H27NO/c1-4-12-19(13-15-10-11-15)14-18(2,3)17(20)16-8-6-5-7-9-16/h5-9,15H,4,10-14H2,1-3H3. The molecular weight excluding hydrogens is 246 g/mol. The number of carbonyl (C=O) groups excluding carboxylic acids is 1. The lowest BCUT2D eigenvalue weighted by Crippen LogP contribution is -2.40. The van der Waals surface area contributed by atoms with E-state index in [1.165, 1.54) is 19.4 Å². The van der Waals surface area contributed by atoms with E-state index in [9.17, 15) is 4.79 Å². The Balaban J connectivity index is 2.01. The number of hydrogen-bond acceptors (Lipinski definition) is 2. The van der Waals surface area contributed by atoms with Crippen LogP contribution in [0.5, 0.6) is 0 Å². The summed E-state index contributed by atoms with van der Waals surface area (Å²) in [5.74, 6) is 1.14. The molecule has 0 amide bonds. The molecule has 20 heavy (non-hydrogen) atoms. The van der Waals surface area contributed by atoms with Gasteiger partial charge in [0.1, 0.15) is 0 Å². The number of carbonyl (C=O) groups is 1. The molecule has 1 saturated carbocycles. The van der Waals surface area contributed by atoms with Gasteiger partial charge in [0.25, 0.3) is 0 Å². The predicted octanol–water partition coefficient (Wildman–Crippen LogP) is 4.02. The third-order valence-corrected chi connectivity index (χ3v) is 4.02. The molecule has 0 unspecified atom stereocenters. The average molecular weight is 273 g/mol. The van der Waals surface area contributed by atoms with Gasteiger partial charge in [-0.15, -0.1) is 0 Å². The van der Waals surface area contributed by atoms with Gasteiger partial charge in [-0.1, -0.05) is 51.1 Å². The zero-order valence-electron chi connectivity index (χ0n) is 13.1. The molecule has 2 heteroatoms. The molecule has 2 nitrogen and oxygen atoms in total. The summed E-state index contributed by atoms with van der Waals surface area (Å²) < 4.78 is 0. The summed E-state index contributed by atoms with van der Waals surface area (Å²) in [6, 6.07) is 9.69. The van der Waals surface area contributed by atoms with E-state index in [4.69, 9.17) is 0 Å². The molecule has 0 aliphatic heterocycles. The van der Waals surface area contributed by atoms with Crippen LogP contribution in [0.1, 0.15) is 50.4 Å². The van der Waals surface area contributed by atoms with Gasteiger partial charge in [0.15, 0.2) is 5.78 Å². The predicted molar refractivity (Wildman–Crippen MR) is 84.0 cm³/mol. The van der Waals surface area contributed by atoms with Gasteiger partial charge in [-0.05, 0) is 31.7 Å². The van der Waals surface area contributed by atoms with Crippen LogP contribution in [0, 0.1) is 11.3 Å². The lowest BCUT2D eigenvalue weighted by atomic mass is 9.83. The van der Waals surface area contributed by atoms with E-state index in [2.05, 4.69) is 25.7 Å². The molecule has 110 valence electrons. The van der Waals surface area contributed by atoms with Crippen LogP contribution in [0.2, 0.25) is 0 Å². The molecule has 0 spiro atoms. The van der Waals surface area contributed by atoms with Crippen molar-refractivity contribution in [2.24, 2.45) is 11.3 Å². The van der Waals surface area contributed by atoms with Crippen LogP contribution in [-0.4, -0.2) is 30.3 Å². The van der Waals surface area contributed by atoms with Crippen molar-refractivity contribution in [3.05, 3.63) is 35.9 Å². The smallest absolute Gasteiger partial charge is 0.169 e. The molecule has 0 radical (unpaired) electrons. The fourth-order valence-corrected chi connectivity index (χ4v) is 2.83. The second-order valence-electron chi connectivity index (χ2n) is 6.76. The summed E-state index contributed by atoms with van der Waals surface area (Å²) in [6.45, 7) is 9.51. The van der Waals surface area contributed by atoms with E-state index in [1.807, 2.05) is 30.3 Å². The highest BCUT2D eigenvalue weighted by Gasteiger charge is 2.32. The van der Waals surface area contributed by atoms with Crippen molar-refractivity contribution < 1.29 is 4.79 Å². The van der Waals surface area contributed by atoms with Crippen molar-refractivity contribution in [2.75, 3.05) is 19.6 Å². The molecule has 1 aliphatic carbocycles. The first-order valence-corrected chi connectivity index (χ1v) is 7.85. The largest absolute Gasteiger partial charge is 0.302 e. The van der Waals surface area contributed by atoms with Crippen LogP contribution in [0.3, 0.4) is 0 Å². The van der Waals surface area contributed by atoms with Crippen LogP contribution in [0.15, 0.2) is 30.3 Å². The van der Waals surface area contributed by atoms with Gasteiger partial charge in [-0.2, -0.15) is 0 Å². The third kappa shape index (κ3) is 4.17. The van der Waals surface area contributed by atoms with Crippen LogP contribution in [0.4, 0.5) is 0 Å². The fraction of sp³-hybridized carbons (Fsp3) is 0.611. The highest BCUT2D eigenvalue weighted by Crippen LogP contribution is 2.31.